The molecule has 0 bridgehead atoms. The van der Waals surface area contributed by atoms with Crippen LogP contribution in [0.1, 0.15) is 17.8 Å². The minimum absolute atomic E-state index is 0.173. The number of halogens is 2. The maximum absolute atomic E-state index is 12.9. The third-order valence-corrected chi connectivity index (χ3v) is 2.79. The molecular formula is C12H13F2N5O2. The van der Waals surface area contributed by atoms with Crippen LogP contribution in [0.3, 0.4) is 0 Å². The molecule has 1 heterocycles. The maximum Gasteiger partial charge on any atom is 0.270 e. The van der Waals surface area contributed by atoms with Gasteiger partial charge in [0, 0.05) is 43.4 Å². The van der Waals surface area contributed by atoms with Crippen LogP contribution < -0.4 is 5.32 Å². The fourth-order valence-electron chi connectivity index (χ4n) is 1.81. The van der Waals surface area contributed by atoms with E-state index in [9.17, 15) is 18.9 Å². The Kier molecular flexibility index (Phi) is 4.41. The summed E-state index contributed by atoms with van der Waals surface area (Å²) in [7, 11) is 1.73. The van der Waals surface area contributed by atoms with Crippen molar-refractivity contribution in [2.75, 3.05) is 11.9 Å². The molecule has 0 unspecified atom stereocenters. The van der Waals surface area contributed by atoms with E-state index in [0.717, 1.165) is 6.07 Å². The SMILES string of the molecule is Cn1cnc(CCNc2ccc([N+](=O)[O-])cc2C(F)F)n1. The predicted octanol–water partition coefficient (Wildman–Crippen LogP) is 2.32. The van der Waals surface area contributed by atoms with Gasteiger partial charge in [-0.3, -0.25) is 14.8 Å². The molecule has 0 saturated carbocycles. The van der Waals surface area contributed by atoms with E-state index >= 15 is 0 Å². The molecule has 21 heavy (non-hydrogen) atoms. The lowest BCUT2D eigenvalue weighted by Gasteiger charge is -2.10. The lowest BCUT2D eigenvalue weighted by molar-refractivity contribution is -0.385. The van der Waals surface area contributed by atoms with E-state index in [2.05, 4.69) is 15.4 Å². The summed E-state index contributed by atoms with van der Waals surface area (Å²) in [5, 5.41) is 17.5. The van der Waals surface area contributed by atoms with E-state index in [0.29, 0.717) is 18.8 Å². The molecule has 0 amide bonds. The first-order valence-electron chi connectivity index (χ1n) is 6.12. The molecule has 2 aromatic rings. The molecule has 0 saturated heterocycles. The molecule has 0 radical (unpaired) electrons. The van der Waals surface area contributed by atoms with Crippen LogP contribution in [0.4, 0.5) is 20.2 Å². The van der Waals surface area contributed by atoms with Crippen LogP contribution in [0.25, 0.3) is 0 Å². The van der Waals surface area contributed by atoms with Gasteiger partial charge in [-0.25, -0.2) is 13.8 Å². The van der Waals surface area contributed by atoms with Crippen molar-refractivity contribution in [3.63, 3.8) is 0 Å². The Bertz CT molecular complexity index is 644. The van der Waals surface area contributed by atoms with Crippen molar-refractivity contribution >= 4 is 11.4 Å². The van der Waals surface area contributed by atoms with Gasteiger partial charge >= 0.3 is 0 Å². The number of benzene rings is 1. The second-order valence-electron chi connectivity index (χ2n) is 4.34. The summed E-state index contributed by atoms with van der Waals surface area (Å²) in [6.07, 6.45) is -0.785. The molecule has 1 N–H and O–H groups in total. The number of aryl methyl sites for hydroxylation is 1. The Morgan fingerprint density at radius 3 is 2.81 bits per heavy atom. The highest BCUT2D eigenvalue weighted by Crippen LogP contribution is 2.30. The van der Waals surface area contributed by atoms with Gasteiger partial charge in [-0.2, -0.15) is 5.10 Å². The molecule has 0 aliphatic heterocycles. The number of non-ortho nitro benzene ring substituents is 1. The maximum atomic E-state index is 12.9. The Morgan fingerprint density at radius 1 is 1.48 bits per heavy atom. The van der Waals surface area contributed by atoms with E-state index in [1.807, 2.05) is 0 Å². The van der Waals surface area contributed by atoms with Gasteiger partial charge in [-0.05, 0) is 6.07 Å². The van der Waals surface area contributed by atoms with Gasteiger partial charge in [-0.1, -0.05) is 0 Å². The largest absolute Gasteiger partial charge is 0.384 e. The van der Waals surface area contributed by atoms with Crippen molar-refractivity contribution in [1.29, 1.82) is 0 Å². The molecule has 0 atom stereocenters. The number of alkyl halides is 2. The van der Waals surface area contributed by atoms with E-state index < -0.39 is 16.9 Å². The first-order valence-corrected chi connectivity index (χ1v) is 6.12. The highest BCUT2D eigenvalue weighted by molar-refractivity contribution is 5.56. The smallest absolute Gasteiger partial charge is 0.270 e. The zero-order valence-electron chi connectivity index (χ0n) is 11.2. The van der Waals surface area contributed by atoms with Gasteiger partial charge in [-0.15, -0.1) is 0 Å². The molecule has 0 spiro atoms. The zero-order valence-corrected chi connectivity index (χ0v) is 11.2. The van der Waals surface area contributed by atoms with Crippen molar-refractivity contribution in [2.45, 2.75) is 12.8 Å². The summed E-state index contributed by atoms with van der Waals surface area (Å²) in [6, 6.07) is 3.35. The van der Waals surface area contributed by atoms with Crippen LogP contribution in [0.2, 0.25) is 0 Å². The summed E-state index contributed by atoms with van der Waals surface area (Å²) >= 11 is 0. The van der Waals surface area contributed by atoms with Crippen LogP contribution in [-0.4, -0.2) is 26.2 Å². The fraction of sp³-hybridized carbons (Fsp3) is 0.333. The normalized spacial score (nSPS) is 10.9. The topological polar surface area (TPSA) is 85.9 Å². The summed E-state index contributed by atoms with van der Waals surface area (Å²) < 4.78 is 27.4. The van der Waals surface area contributed by atoms with Crippen LogP contribution in [-0.2, 0) is 13.5 Å². The lowest BCUT2D eigenvalue weighted by Crippen LogP contribution is -2.08. The molecule has 0 aliphatic carbocycles. The zero-order chi connectivity index (χ0) is 15.4. The van der Waals surface area contributed by atoms with Gasteiger partial charge in [0.05, 0.1) is 4.92 Å². The van der Waals surface area contributed by atoms with E-state index in [1.54, 1.807) is 18.1 Å². The van der Waals surface area contributed by atoms with Crippen LogP contribution in [0, 0.1) is 10.1 Å². The quantitative estimate of drug-likeness (QED) is 0.653. The summed E-state index contributed by atoms with van der Waals surface area (Å²) in [4.78, 5) is 13.9. The number of nitro groups is 1. The Balaban J connectivity index is 2.06. The lowest BCUT2D eigenvalue weighted by atomic mass is 10.1. The van der Waals surface area contributed by atoms with Crippen LogP contribution >= 0.6 is 0 Å². The predicted molar refractivity (Wildman–Crippen MR) is 71.3 cm³/mol. The van der Waals surface area contributed by atoms with Gasteiger partial charge in [0.25, 0.3) is 12.1 Å². The van der Waals surface area contributed by atoms with Crippen molar-refractivity contribution in [1.82, 2.24) is 14.8 Å². The fourth-order valence-corrected chi connectivity index (χ4v) is 1.81. The number of hydrogen-bond donors (Lipinski definition) is 1. The first kappa shape index (κ1) is 14.8. The Morgan fingerprint density at radius 2 is 2.24 bits per heavy atom. The summed E-state index contributed by atoms with van der Waals surface area (Å²) in [5.74, 6) is 0.588. The van der Waals surface area contributed by atoms with Crippen LogP contribution in [0.15, 0.2) is 24.5 Å². The average Bonchev–Trinajstić information content (AvgIpc) is 2.84. The number of nitrogens with one attached hydrogen (secondary N) is 1. The number of nitrogens with zero attached hydrogens (tertiary/aromatic N) is 4. The van der Waals surface area contributed by atoms with E-state index in [4.69, 9.17) is 0 Å². The molecular weight excluding hydrogens is 284 g/mol. The minimum atomic E-state index is -2.79. The molecule has 7 nitrogen and oxygen atoms in total. The van der Waals surface area contributed by atoms with Gasteiger partial charge < -0.3 is 5.32 Å². The molecule has 0 fully saturated rings. The van der Waals surface area contributed by atoms with Crippen molar-refractivity contribution in [3.05, 3.63) is 46.0 Å². The molecule has 9 heteroatoms. The number of hydrogen-bond acceptors (Lipinski definition) is 5. The summed E-state index contributed by atoms with van der Waals surface area (Å²) in [6.45, 7) is 0.349. The monoisotopic (exact) mass is 297 g/mol. The van der Waals surface area contributed by atoms with Gasteiger partial charge in [0.2, 0.25) is 0 Å². The van der Waals surface area contributed by atoms with Crippen LogP contribution in [0.5, 0.6) is 0 Å². The third kappa shape index (κ3) is 3.71. The molecule has 1 aromatic heterocycles. The number of nitro benzene ring substituents is 1. The molecule has 2 rings (SSSR count). The van der Waals surface area contributed by atoms with E-state index in [-0.39, 0.29) is 11.4 Å². The van der Waals surface area contributed by atoms with Gasteiger partial charge in [0.1, 0.15) is 6.33 Å². The van der Waals surface area contributed by atoms with Crippen molar-refractivity contribution in [2.24, 2.45) is 7.05 Å². The number of aromatic nitrogens is 3. The van der Waals surface area contributed by atoms with Gasteiger partial charge in [0.15, 0.2) is 5.82 Å². The third-order valence-electron chi connectivity index (χ3n) is 2.79. The van der Waals surface area contributed by atoms with Crippen molar-refractivity contribution < 1.29 is 13.7 Å². The second kappa shape index (κ2) is 6.25. The number of rotatable bonds is 6. The molecule has 1 aromatic carbocycles. The van der Waals surface area contributed by atoms with E-state index in [1.165, 1.54) is 12.1 Å². The Hall–Kier alpha value is -2.58. The molecule has 112 valence electrons. The highest BCUT2D eigenvalue weighted by Gasteiger charge is 2.17. The average molecular weight is 297 g/mol. The first-order chi connectivity index (χ1) is 9.97. The Labute approximate surface area is 118 Å². The summed E-state index contributed by atoms with van der Waals surface area (Å²) in [5.41, 5.74) is -0.577. The highest BCUT2D eigenvalue weighted by atomic mass is 19.3. The number of anilines is 1. The molecule has 0 aliphatic rings. The standard InChI is InChI=1S/C12H13F2N5O2/c1-18-7-16-11(17-18)4-5-15-10-3-2-8(19(20)21)6-9(10)12(13)14/h2-3,6-7,12,15H,4-5H2,1H3. The minimum Gasteiger partial charge on any atom is -0.384 e. The van der Waals surface area contributed by atoms with Crippen molar-refractivity contribution in [3.8, 4) is 0 Å². The second-order valence-corrected chi connectivity index (χ2v) is 4.34.